The summed E-state index contributed by atoms with van der Waals surface area (Å²) in [5.74, 6) is 1.47. The van der Waals surface area contributed by atoms with Crippen molar-refractivity contribution in [2.24, 2.45) is 0 Å². The summed E-state index contributed by atoms with van der Waals surface area (Å²) in [4.78, 5) is 7.88. The molecule has 6 heteroatoms. The third-order valence-electron chi connectivity index (χ3n) is 1.46. The lowest BCUT2D eigenvalue weighted by atomic mass is 10.5. The van der Waals surface area contributed by atoms with Gasteiger partial charge in [0.1, 0.15) is 5.03 Å². The van der Waals surface area contributed by atoms with Crippen LogP contribution in [0.25, 0.3) is 0 Å². The van der Waals surface area contributed by atoms with Crippen LogP contribution < -0.4 is 10.5 Å². The molecule has 0 radical (unpaired) electrons. The highest BCUT2D eigenvalue weighted by atomic mass is 32.2. The van der Waals surface area contributed by atoms with Crippen LogP contribution in [-0.4, -0.2) is 34.5 Å². The molecule has 0 fully saturated rings. The molecule has 1 aromatic rings. The lowest BCUT2D eigenvalue weighted by molar-refractivity contribution is 0.296. The predicted octanol–water partition coefficient (Wildman–Crippen LogP) is 0.542. The fourth-order valence-corrected chi connectivity index (χ4v) is 1.67. The molecule has 0 spiro atoms. The number of aromatic nitrogens is 2. The highest BCUT2D eigenvalue weighted by molar-refractivity contribution is 7.99. The number of rotatable bonds is 5. The van der Waals surface area contributed by atoms with Crippen molar-refractivity contribution in [3.05, 3.63) is 6.07 Å². The van der Waals surface area contributed by atoms with E-state index in [4.69, 9.17) is 15.6 Å². The van der Waals surface area contributed by atoms with E-state index in [0.29, 0.717) is 5.88 Å². The molecule has 1 heterocycles. The van der Waals surface area contributed by atoms with E-state index in [1.54, 1.807) is 6.07 Å². The molecule has 5 nitrogen and oxygen atoms in total. The normalized spacial score (nSPS) is 10.1. The fourth-order valence-electron chi connectivity index (χ4n) is 0.841. The molecule has 0 amide bonds. The topological polar surface area (TPSA) is 81.3 Å². The molecule has 78 valence electrons. The molecule has 0 bridgehead atoms. The zero-order valence-electron chi connectivity index (χ0n) is 7.93. The first kappa shape index (κ1) is 11.1. The zero-order chi connectivity index (χ0) is 10.4. The molecule has 0 aliphatic heterocycles. The van der Waals surface area contributed by atoms with Crippen LogP contribution in [0.2, 0.25) is 0 Å². The summed E-state index contributed by atoms with van der Waals surface area (Å²) in [5.41, 5.74) is 5.47. The van der Waals surface area contributed by atoms with Gasteiger partial charge in [0, 0.05) is 18.4 Å². The maximum atomic E-state index is 8.60. The Morgan fingerprint density at radius 1 is 1.57 bits per heavy atom. The Balaban J connectivity index is 2.62. The molecule has 14 heavy (non-hydrogen) atoms. The molecule has 0 atom stereocenters. The Morgan fingerprint density at radius 2 is 2.36 bits per heavy atom. The van der Waals surface area contributed by atoms with Gasteiger partial charge in [-0.2, -0.15) is 4.98 Å². The van der Waals surface area contributed by atoms with Crippen molar-refractivity contribution in [3.63, 3.8) is 0 Å². The van der Waals surface area contributed by atoms with Crippen LogP contribution in [0, 0.1) is 0 Å². The van der Waals surface area contributed by atoms with E-state index in [1.165, 1.54) is 18.9 Å². The average molecular weight is 215 g/mol. The first-order valence-electron chi connectivity index (χ1n) is 4.18. The molecular formula is C8H13N3O2S. The van der Waals surface area contributed by atoms with Gasteiger partial charge in [-0.25, -0.2) is 4.98 Å². The average Bonchev–Trinajstić information content (AvgIpc) is 2.17. The second-order valence-corrected chi connectivity index (χ2v) is 3.65. The Kier molecular flexibility index (Phi) is 4.48. The van der Waals surface area contributed by atoms with Crippen molar-refractivity contribution < 1.29 is 9.84 Å². The van der Waals surface area contributed by atoms with E-state index in [0.717, 1.165) is 17.2 Å². The van der Waals surface area contributed by atoms with E-state index in [2.05, 4.69) is 9.97 Å². The first-order chi connectivity index (χ1) is 6.76. The second kappa shape index (κ2) is 5.66. The van der Waals surface area contributed by atoms with Gasteiger partial charge in [-0.15, -0.1) is 11.8 Å². The lowest BCUT2D eigenvalue weighted by Gasteiger charge is -2.03. The van der Waals surface area contributed by atoms with Crippen LogP contribution in [-0.2, 0) is 0 Å². The standard InChI is InChI=1S/C8H13N3O2S/c1-13-6-5-7(11-8(9)10-6)14-4-2-3-12/h5,12H,2-4H2,1H3,(H2,9,10,11). The number of aliphatic hydroxyl groups excluding tert-OH is 1. The zero-order valence-corrected chi connectivity index (χ0v) is 8.75. The summed E-state index contributed by atoms with van der Waals surface area (Å²) in [6.45, 7) is 0.185. The summed E-state index contributed by atoms with van der Waals surface area (Å²) in [6, 6.07) is 1.72. The Bertz CT molecular complexity index is 296. The van der Waals surface area contributed by atoms with Gasteiger partial charge in [0.2, 0.25) is 11.8 Å². The van der Waals surface area contributed by atoms with Crippen molar-refractivity contribution in [3.8, 4) is 5.88 Å². The highest BCUT2D eigenvalue weighted by Gasteiger charge is 2.02. The monoisotopic (exact) mass is 215 g/mol. The Morgan fingerprint density at radius 3 is 3.00 bits per heavy atom. The summed E-state index contributed by atoms with van der Waals surface area (Å²) >= 11 is 1.52. The molecule has 0 saturated heterocycles. The highest BCUT2D eigenvalue weighted by Crippen LogP contribution is 2.20. The first-order valence-corrected chi connectivity index (χ1v) is 5.17. The number of ether oxygens (including phenoxy) is 1. The number of nitrogens with two attached hydrogens (primary N) is 1. The third-order valence-corrected chi connectivity index (χ3v) is 2.46. The number of thioether (sulfide) groups is 1. The summed E-state index contributed by atoms with van der Waals surface area (Å²) in [5, 5.41) is 9.37. The van der Waals surface area contributed by atoms with E-state index in [9.17, 15) is 0 Å². The minimum absolute atomic E-state index is 0.185. The fraction of sp³-hybridized carbons (Fsp3) is 0.500. The molecular weight excluding hydrogens is 202 g/mol. The van der Waals surface area contributed by atoms with Crippen LogP contribution in [0.4, 0.5) is 5.95 Å². The number of aliphatic hydroxyl groups is 1. The van der Waals surface area contributed by atoms with Crippen LogP contribution in [0.1, 0.15) is 6.42 Å². The van der Waals surface area contributed by atoms with Gasteiger partial charge >= 0.3 is 0 Å². The number of nitrogen functional groups attached to an aromatic ring is 1. The van der Waals surface area contributed by atoms with Crippen LogP contribution in [0.5, 0.6) is 5.88 Å². The number of anilines is 1. The summed E-state index contributed by atoms with van der Waals surface area (Å²) in [7, 11) is 1.53. The molecule has 0 unspecified atom stereocenters. The van der Waals surface area contributed by atoms with Crippen LogP contribution >= 0.6 is 11.8 Å². The lowest BCUT2D eigenvalue weighted by Crippen LogP contribution is -1.99. The van der Waals surface area contributed by atoms with Crippen molar-refractivity contribution in [2.45, 2.75) is 11.4 Å². The van der Waals surface area contributed by atoms with Crippen LogP contribution in [0.15, 0.2) is 11.1 Å². The van der Waals surface area contributed by atoms with Gasteiger partial charge in [0.25, 0.3) is 0 Å². The van der Waals surface area contributed by atoms with Gasteiger partial charge in [-0.3, -0.25) is 0 Å². The molecule has 0 saturated carbocycles. The van der Waals surface area contributed by atoms with E-state index in [1.807, 2.05) is 0 Å². The van der Waals surface area contributed by atoms with Crippen molar-refractivity contribution in [2.75, 3.05) is 25.2 Å². The molecule has 1 rings (SSSR count). The van der Waals surface area contributed by atoms with E-state index < -0.39 is 0 Å². The van der Waals surface area contributed by atoms with Crippen molar-refractivity contribution >= 4 is 17.7 Å². The third kappa shape index (κ3) is 3.39. The molecule has 0 aliphatic carbocycles. The summed E-state index contributed by atoms with van der Waals surface area (Å²) < 4.78 is 4.95. The second-order valence-electron chi connectivity index (χ2n) is 2.53. The minimum Gasteiger partial charge on any atom is -0.481 e. The number of hydrogen-bond acceptors (Lipinski definition) is 6. The SMILES string of the molecule is COc1cc(SCCCO)nc(N)n1. The number of nitrogens with zero attached hydrogens (tertiary/aromatic N) is 2. The largest absolute Gasteiger partial charge is 0.481 e. The van der Waals surface area contributed by atoms with Gasteiger partial charge < -0.3 is 15.6 Å². The molecule has 1 aromatic heterocycles. The van der Waals surface area contributed by atoms with Crippen molar-refractivity contribution in [1.82, 2.24) is 9.97 Å². The van der Waals surface area contributed by atoms with Gasteiger partial charge in [-0.05, 0) is 6.42 Å². The Hall–Kier alpha value is -1.01. The Labute approximate surface area is 86.7 Å². The van der Waals surface area contributed by atoms with Crippen molar-refractivity contribution in [1.29, 1.82) is 0 Å². The van der Waals surface area contributed by atoms with Gasteiger partial charge in [0.05, 0.1) is 7.11 Å². The van der Waals surface area contributed by atoms with Gasteiger partial charge in [-0.1, -0.05) is 0 Å². The summed E-state index contributed by atoms with van der Waals surface area (Å²) in [6.07, 6.45) is 0.733. The maximum Gasteiger partial charge on any atom is 0.224 e. The number of hydrogen-bond donors (Lipinski definition) is 2. The maximum absolute atomic E-state index is 8.60. The quantitative estimate of drug-likeness (QED) is 0.424. The molecule has 0 aromatic carbocycles. The predicted molar refractivity (Wildman–Crippen MR) is 55.4 cm³/mol. The van der Waals surface area contributed by atoms with E-state index in [-0.39, 0.29) is 12.6 Å². The van der Waals surface area contributed by atoms with Gasteiger partial charge in [0.15, 0.2) is 0 Å². The molecule has 3 N–H and O–H groups in total. The minimum atomic E-state index is 0.185. The number of methoxy groups -OCH3 is 1. The van der Waals surface area contributed by atoms with Crippen LogP contribution in [0.3, 0.4) is 0 Å². The van der Waals surface area contributed by atoms with E-state index >= 15 is 0 Å². The molecule has 0 aliphatic rings. The smallest absolute Gasteiger partial charge is 0.224 e.